The number of para-hydroxylation sites is 1. The standard InChI is InChI=1S/C20H26N4O.HI/c1-2-21-20(22-14-16-8-10-19(25)11-9-16)23-17-12-13-24(15-17)18-6-4-3-5-7-18;/h3-11,17,25H,2,12-15H2,1H3,(H2,21,22,23);1H. The maximum atomic E-state index is 9.36. The lowest BCUT2D eigenvalue weighted by Crippen LogP contribution is -2.44. The molecule has 0 saturated carbocycles. The summed E-state index contributed by atoms with van der Waals surface area (Å²) in [7, 11) is 0. The molecule has 1 heterocycles. The largest absolute Gasteiger partial charge is 0.508 e. The molecule has 2 aromatic carbocycles. The number of halogens is 1. The van der Waals surface area contributed by atoms with Crippen LogP contribution in [0.3, 0.4) is 0 Å². The van der Waals surface area contributed by atoms with Gasteiger partial charge in [0.2, 0.25) is 0 Å². The molecule has 1 unspecified atom stereocenters. The number of benzene rings is 2. The zero-order chi connectivity index (χ0) is 17.5. The summed E-state index contributed by atoms with van der Waals surface area (Å²) in [5, 5.41) is 16.2. The Morgan fingerprint density at radius 1 is 1.15 bits per heavy atom. The Kier molecular flexibility index (Phi) is 8.03. The predicted molar refractivity (Wildman–Crippen MR) is 119 cm³/mol. The van der Waals surface area contributed by atoms with Gasteiger partial charge in [-0.2, -0.15) is 0 Å². The third-order valence-corrected chi connectivity index (χ3v) is 4.35. The molecule has 0 aliphatic carbocycles. The smallest absolute Gasteiger partial charge is 0.191 e. The van der Waals surface area contributed by atoms with Crippen molar-refractivity contribution in [2.45, 2.75) is 25.9 Å². The molecule has 2 aromatic rings. The van der Waals surface area contributed by atoms with Gasteiger partial charge in [0.05, 0.1) is 6.54 Å². The van der Waals surface area contributed by atoms with E-state index >= 15 is 0 Å². The van der Waals surface area contributed by atoms with Gasteiger partial charge in [0.25, 0.3) is 0 Å². The van der Waals surface area contributed by atoms with Crippen LogP contribution in [0.15, 0.2) is 59.6 Å². The number of hydrogen-bond donors (Lipinski definition) is 3. The van der Waals surface area contributed by atoms with Crippen molar-refractivity contribution >= 4 is 35.6 Å². The first kappa shape index (κ1) is 20.4. The second-order valence-electron chi connectivity index (χ2n) is 6.27. The van der Waals surface area contributed by atoms with Crippen molar-refractivity contribution < 1.29 is 5.11 Å². The zero-order valence-corrected chi connectivity index (χ0v) is 17.4. The van der Waals surface area contributed by atoms with Gasteiger partial charge < -0.3 is 20.6 Å². The molecule has 0 radical (unpaired) electrons. The molecular formula is C20H27IN4O. The number of phenols is 1. The molecule has 0 spiro atoms. The molecule has 1 fully saturated rings. The Balaban J connectivity index is 0.00000243. The molecular weight excluding hydrogens is 439 g/mol. The molecule has 0 amide bonds. The highest BCUT2D eigenvalue weighted by Gasteiger charge is 2.23. The second-order valence-corrected chi connectivity index (χ2v) is 6.27. The number of rotatable bonds is 5. The molecule has 1 aliphatic heterocycles. The van der Waals surface area contributed by atoms with Gasteiger partial charge in [0, 0.05) is 31.4 Å². The van der Waals surface area contributed by atoms with E-state index in [4.69, 9.17) is 0 Å². The summed E-state index contributed by atoms with van der Waals surface area (Å²) >= 11 is 0. The van der Waals surface area contributed by atoms with E-state index in [1.54, 1.807) is 12.1 Å². The average Bonchev–Trinajstić information content (AvgIpc) is 3.10. The van der Waals surface area contributed by atoms with Crippen LogP contribution in [0.25, 0.3) is 0 Å². The Bertz CT molecular complexity index is 691. The number of anilines is 1. The van der Waals surface area contributed by atoms with Crippen LogP contribution < -0.4 is 15.5 Å². The molecule has 1 saturated heterocycles. The number of aromatic hydroxyl groups is 1. The zero-order valence-electron chi connectivity index (χ0n) is 15.1. The molecule has 6 heteroatoms. The Morgan fingerprint density at radius 3 is 2.58 bits per heavy atom. The number of hydrogen-bond acceptors (Lipinski definition) is 3. The lowest BCUT2D eigenvalue weighted by Gasteiger charge is -2.20. The van der Waals surface area contributed by atoms with E-state index in [1.807, 2.05) is 12.1 Å². The van der Waals surface area contributed by atoms with Crippen LogP contribution >= 0.6 is 24.0 Å². The van der Waals surface area contributed by atoms with Crippen LogP contribution in [0.4, 0.5) is 5.69 Å². The van der Waals surface area contributed by atoms with Crippen molar-refractivity contribution in [1.29, 1.82) is 0 Å². The first-order valence-electron chi connectivity index (χ1n) is 8.87. The van der Waals surface area contributed by atoms with Crippen LogP contribution in [0.5, 0.6) is 5.75 Å². The highest BCUT2D eigenvalue weighted by molar-refractivity contribution is 14.0. The second kappa shape index (κ2) is 10.3. The molecule has 0 aromatic heterocycles. The van der Waals surface area contributed by atoms with Crippen LogP contribution in [0.2, 0.25) is 0 Å². The fourth-order valence-corrected chi connectivity index (χ4v) is 3.04. The molecule has 3 N–H and O–H groups in total. The predicted octanol–water partition coefficient (Wildman–Crippen LogP) is 3.34. The van der Waals surface area contributed by atoms with E-state index in [0.29, 0.717) is 12.6 Å². The third-order valence-electron chi connectivity index (χ3n) is 4.35. The number of guanidine groups is 1. The number of nitrogens with one attached hydrogen (secondary N) is 2. The monoisotopic (exact) mass is 466 g/mol. The maximum absolute atomic E-state index is 9.36. The molecule has 1 aliphatic rings. The van der Waals surface area contributed by atoms with E-state index < -0.39 is 0 Å². The van der Waals surface area contributed by atoms with Crippen LogP contribution in [-0.2, 0) is 6.54 Å². The van der Waals surface area contributed by atoms with Crippen molar-refractivity contribution in [3.8, 4) is 5.75 Å². The molecule has 3 rings (SSSR count). The van der Waals surface area contributed by atoms with E-state index in [-0.39, 0.29) is 29.7 Å². The molecule has 5 nitrogen and oxygen atoms in total. The van der Waals surface area contributed by atoms with Gasteiger partial charge in [-0.3, -0.25) is 0 Å². The molecule has 26 heavy (non-hydrogen) atoms. The van der Waals surface area contributed by atoms with Crippen molar-refractivity contribution in [3.05, 3.63) is 60.2 Å². The minimum atomic E-state index is 0. The van der Waals surface area contributed by atoms with Crippen molar-refractivity contribution in [3.63, 3.8) is 0 Å². The van der Waals surface area contributed by atoms with E-state index in [0.717, 1.165) is 37.6 Å². The van der Waals surface area contributed by atoms with Crippen LogP contribution in [0.1, 0.15) is 18.9 Å². The Morgan fingerprint density at radius 2 is 1.88 bits per heavy atom. The first-order chi connectivity index (χ1) is 12.2. The first-order valence-corrected chi connectivity index (χ1v) is 8.87. The van der Waals surface area contributed by atoms with Crippen LogP contribution in [-0.4, -0.2) is 36.7 Å². The topological polar surface area (TPSA) is 59.9 Å². The maximum Gasteiger partial charge on any atom is 0.191 e. The minimum Gasteiger partial charge on any atom is -0.508 e. The summed E-state index contributed by atoms with van der Waals surface area (Å²) in [6.07, 6.45) is 1.10. The van der Waals surface area contributed by atoms with Gasteiger partial charge in [0.1, 0.15) is 5.75 Å². The summed E-state index contributed by atoms with van der Waals surface area (Å²) < 4.78 is 0. The number of phenolic OH excluding ortho intramolecular Hbond substituents is 1. The fraction of sp³-hybridized carbons (Fsp3) is 0.350. The lowest BCUT2D eigenvalue weighted by molar-refractivity contribution is 0.475. The van der Waals surface area contributed by atoms with E-state index in [2.05, 4.69) is 57.8 Å². The summed E-state index contributed by atoms with van der Waals surface area (Å²) in [5.74, 6) is 1.13. The van der Waals surface area contributed by atoms with Crippen molar-refractivity contribution in [2.75, 3.05) is 24.5 Å². The molecule has 1 atom stereocenters. The van der Waals surface area contributed by atoms with Crippen molar-refractivity contribution in [1.82, 2.24) is 10.6 Å². The summed E-state index contributed by atoms with van der Waals surface area (Å²) in [6.45, 7) is 5.52. The van der Waals surface area contributed by atoms with Gasteiger partial charge in [0.15, 0.2) is 5.96 Å². The van der Waals surface area contributed by atoms with Gasteiger partial charge >= 0.3 is 0 Å². The number of nitrogens with zero attached hydrogens (tertiary/aromatic N) is 2. The van der Waals surface area contributed by atoms with Crippen molar-refractivity contribution in [2.24, 2.45) is 4.99 Å². The average molecular weight is 466 g/mol. The van der Waals surface area contributed by atoms with E-state index in [9.17, 15) is 5.11 Å². The highest BCUT2D eigenvalue weighted by Crippen LogP contribution is 2.19. The number of aliphatic imine (C=N–C) groups is 1. The Hall–Kier alpha value is -1.96. The van der Waals surface area contributed by atoms with Gasteiger partial charge in [-0.1, -0.05) is 30.3 Å². The summed E-state index contributed by atoms with van der Waals surface area (Å²) in [6, 6.07) is 18.1. The van der Waals surface area contributed by atoms with Crippen LogP contribution in [0, 0.1) is 0 Å². The van der Waals surface area contributed by atoms with Gasteiger partial charge in [-0.05, 0) is 43.2 Å². The lowest BCUT2D eigenvalue weighted by atomic mass is 10.2. The van der Waals surface area contributed by atoms with Gasteiger partial charge in [-0.25, -0.2) is 4.99 Å². The highest BCUT2D eigenvalue weighted by atomic mass is 127. The minimum absolute atomic E-state index is 0. The SMILES string of the molecule is CCNC(=NCc1ccc(O)cc1)NC1CCN(c2ccccc2)C1.I. The Labute approximate surface area is 172 Å². The fourth-order valence-electron chi connectivity index (χ4n) is 3.04. The molecule has 0 bridgehead atoms. The normalized spacial score (nSPS) is 16.9. The van der Waals surface area contributed by atoms with Gasteiger partial charge in [-0.15, -0.1) is 24.0 Å². The summed E-state index contributed by atoms with van der Waals surface area (Å²) in [4.78, 5) is 7.07. The summed E-state index contributed by atoms with van der Waals surface area (Å²) in [5.41, 5.74) is 2.35. The quantitative estimate of drug-likeness (QED) is 0.360. The van der Waals surface area contributed by atoms with E-state index in [1.165, 1.54) is 5.69 Å². The molecule has 140 valence electrons. The third kappa shape index (κ3) is 5.79.